The van der Waals surface area contributed by atoms with E-state index in [0.29, 0.717) is 18.5 Å². The molecule has 0 N–H and O–H groups in total. The predicted molar refractivity (Wildman–Crippen MR) is 275 cm³/mol. The maximum absolute atomic E-state index is 15.4. The van der Waals surface area contributed by atoms with Crippen LogP contribution in [-0.2, 0) is 32.7 Å². The zero-order chi connectivity index (χ0) is 48.8. The number of carbonyl (C=O) groups is 4. The Balaban J connectivity index is 1.72. The average Bonchev–Trinajstić information content (AvgIpc) is 3.65. The fourth-order valence-corrected chi connectivity index (χ4v) is 15.6. The van der Waals surface area contributed by atoms with Gasteiger partial charge >= 0.3 is 12.1 Å². The van der Waals surface area contributed by atoms with Crippen LogP contribution in [0.4, 0.5) is 4.79 Å². The molecule has 3 aromatic rings. The monoisotopic (exact) mass is 952 g/mol. The molecule has 0 bridgehead atoms. The lowest BCUT2D eigenvalue weighted by Crippen LogP contribution is -2.69. The number of ketones is 1. The highest BCUT2D eigenvalue weighted by Gasteiger charge is 2.57. The van der Waals surface area contributed by atoms with E-state index >= 15 is 9.59 Å². The third kappa shape index (κ3) is 11.1. The van der Waals surface area contributed by atoms with Gasteiger partial charge in [-0.05, 0) is 78.0 Å². The Morgan fingerprint density at radius 1 is 0.773 bits per heavy atom. The molecule has 66 heavy (non-hydrogen) atoms. The summed E-state index contributed by atoms with van der Waals surface area (Å²) in [5.41, 5.74) is 0.613. The molecule has 0 saturated carbocycles. The summed E-state index contributed by atoms with van der Waals surface area (Å²) < 4.78 is 25.3. The highest BCUT2D eigenvalue weighted by atomic mass is 31.2. The van der Waals surface area contributed by atoms with E-state index in [2.05, 4.69) is 80.9 Å². The van der Waals surface area contributed by atoms with Gasteiger partial charge in [0.15, 0.2) is 22.4 Å². The molecule has 0 spiro atoms. The summed E-state index contributed by atoms with van der Waals surface area (Å²) in [5, 5.41) is 2.32. The van der Waals surface area contributed by atoms with Crippen LogP contribution in [0.3, 0.4) is 0 Å². The Hall–Kier alpha value is -4.59. The molecule has 10 nitrogen and oxygen atoms in total. The first-order chi connectivity index (χ1) is 30.9. The lowest BCUT2D eigenvalue weighted by molar-refractivity contribution is -0.157. The number of hydrogen-bond donors (Lipinski definition) is 0. The molecule has 0 aliphatic carbocycles. The Bertz CT molecular complexity index is 2220. The molecule has 2 fully saturated rings. The number of rotatable bonds is 18. The molecule has 0 unspecified atom stereocenters. The van der Waals surface area contributed by atoms with Gasteiger partial charge in [0.2, 0.25) is 5.91 Å². The van der Waals surface area contributed by atoms with Crippen LogP contribution in [0.25, 0.3) is 0 Å². The van der Waals surface area contributed by atoms with E-state index in [0.717, 1.165) is 15.9 Å². The summed E-state index contributed by atoms with van der Waals surface area (Å²) in [6, 6.07) is 28.2. The van der Waals surface area contributed by atoms with Crippen molar-refractivity contribution >= 4 is 68.6 Å². The molecule has 13 heteroatoms. The number of amides is 2. The Labute approximate surface area is 396 Å². The first-order valence-electron chi connectivity index (χ1n) is 23.1. The van der Waals surface area contributed by atoms with Gasteiger partial charge in [0.1, 0.15) is 18.6 Å². The van der Waals surface area contributed by atoms with Crippen molar-refractivity contribution < 1.29 is 37.5 Å². The molecule has 2 saturated heterocycles. The first-order valence-corrected chi connectivity index (χ1v) is 30.7. The molecule has 3 aromatic carbocycles. The zero-order valence-electron chi connectivity index (χ0n) is 41.3. The molecule has 0 radical (unpaired) electrons. The van der Waals surface area contributed by atoms with E-state index in [1.807, 2.05) is 104 Å². The summed E-state index contributed by atoms with van der Waals surface area (Å²) in [6.07, 6.45) is 3.89. The number of likely N-dealkylation sites (tertiary alicyclic amines) is 2. The number of nitrogens with zero attached hydrogens (tertiary/aromatic N) is 2. The molecule has 2 aliphatic heterocycles. The quantitative estimate of drug-likeness (QED) is 0.0310. The lowest BCUT2D eigenvalue weighted by atomic mass is 9.79. The van der Waals surface area contributed by atoms with E-state index in [1.54, 1.807) is 16.7 Å². The number of Topliss-reactive ketones (excluding diaryl/α,β-unsaturated/α-hetero) is 1. The summed E-state index contributed by atoms with van der Waals surface area (Å²) in [5.74, 6) is -1.96. The van der Waals surface area contributed by atoms with Crippen molar-refractivity contribution in [3.8, 4) is 0 Å². The van der Waals surface area contributed by atoms with Gasteiger partial charge in [0.25, 0.3) is 0 Å². The predicted octanol–water partition coefficient (Wildman–Crippen LogP) is 9.77. The summed E-state index contributed by atoms with van der Waals surface area (Å²) in [7, 11) is -4.66. The van der Waals surface area contributed by atoms with E-state index < -0.39 is 59.7 Å². The van der Waals surface area contributed by atoms with Crippen molar-refractivity contribution in [3.05, 3.63) is 128 Å². The molecule has 5 atom stereocenters. The maximum atomic E-state index is 15.4. The van der Waals surface area contributed by atoms with Crippen molar-refractivity contribution in [2.24, 2.45) is 5.92 Å². The summed E-state index contributed by atoms with van der Waals surface area (Å²) in [6.45, 7) is 29.9. The zero-order valence-corrected chi connectivity index (χ0v) is 44.2. The number of allylic oxidation sites excluding steroid dienone is 1. The number of β-lactam (4-membered cyclic amide) rings is 1. The minimum absolute atomic E-state index is 0.0483. The van der Waals surface area contributed by atoms with Crippen molar-refractivity contribution in [1.29, 1.82) is 0 Å². The third-order valence-corrected chi connectivity index (χ3v) is 27.3. The number of esters is 1. The Morgan fingerprint density at radius 3 is 1.70 bits per heavy atom. The fraction of sp³-hybridized carbons (Fsp3) is 0.453. The van der Waals surface area contributed by atoms with E-state index in [-0.39, 0.29) is 52.9 Å². The largest absolute Gasteiger partial charge is 0.457 e. The number of benzene rings is 3. The van der Waals surface area contributed by atoms with Gasteiger partial charge in [-0.15, -0.1) is 0 Å². The fourth-order valence-electron chi connectivity index (χ4n) is 8.46. The van der Waals surface area contributed by atoms with Gasteiger partial charge in [-0.2, -0.15) is 0 Å². The van der Waals surface area contributed by atoms with E-state index in [1.165, 1.54) is 12.2 Å². The van der Waals surface area contributed by atoms with Crippen molar-refractivity contribution in [3.63, 3.8) is 0 Å². The van der Waals surface area contributed by atoms with Gasteiger partial charge in [0.05, 0.1) is 30.2 Å². The van der Waals surface area contributed by atoms with Crippen LogP contribution in [0.1, 0.15) is 68.2 Å². The van der Waals surface area contributed by atoms with Crippen molar-refractivity contribution in [1.82, 2.24) is 9.80 Å². The summed E-state index contributed by atoms with van der Waals surface area (Å²) >= 11 is 0. The molecule has 0 aromatic heterocycles. The second-order valence-corrected chi connectivity index (χ2v) is 33.4. The normalized spacial score (nSPS) is 20.0. The average molecular weight is 953 g/mol. The molecule has 5 rings (SSSR count). The van der Waals surface area contributed by atoms with E-state index in [9.17, 15) is 9.59 Å². The third-order valence-electron chi connectivity index (χ3n) is 14.0. The van der Waals surface area contributed by atoms with Crippen LogP contribution in [0.15, 0.2) is 128 Å². The van der Waals surface area contributed by atoms with E-state index in [4.69, 9.17) is 18.3 Å². The minimum Gasteiger partial charge on any atom is -0.457 e. The number of carbonyl (C=O) groups excluding carboxylic acids is 4. The highest BCUT2D eigenvalue weighted by Crippen LogP contribution is 2.51. The van der Waals surface area contributed by atoms with Crippen LogP contribution < -0.4 is 15.9 Å². The molecule has 2 heterocycles. The van der Waals surface area contributed by atoms with Gasteiger partial charge in [-0.3, -0.25) is 14.5 Å². The number of ether oxygens (including phenoxy) is 2. The Morgan fingerprint density at radius 2 is 1.24 bits per heavy atom. The van der Waals surface area contributed by atoms with Crippen LogP contribution in [0.5, 0.6) is 0 Å². The van der Waals surface area contributed by atoms with Gasteiger partial charge < -0.3 is 23.2 Å². The Kier molecular flexibility index (Phi) is 16.8. The van der Waals surface area contributed by atoms with Gasteiger partial charge in [-0.1, -0.05) is 164 Å². The SMILES string of the molecule is C=CCOC(=O)C(N1C(=O)[C@H]([C@@H](C)O[Si](C)(C)C(C)(C)C)[C@H]1CC(=O)C(C)=C[C@@H]1C[C@@H](O[Si](C)(C)C(C)(C)C)CN1C(=O)OCC=C)=P(c1ccccc1)(c1ccccc1)c1ccccc1. The van der Waals surface area contributed by atoms with Crippen molar-refractivity contribution in [2.75, 3.05) is 19.8 Å². The topological polar surface area (TPSA) is 112 Å². The maximum Gasteiger partial charge on any atom is 0.410 e. The minimum atomic E-state index is -3.26. The van der Waals surface area contributed by atoms with Gasteiger partial charge in [-0.25, -0.2) is 9.59 Å². The summed E-state index contributed by atoms with van der Waals surface area (Å²) in [4.78, 5) is 62.3. The molecule has 2 amide bonds. The first kappa shape index (κ1) is 52.4. The lowest BCUT2D eigenvalue weighted by Gasteiger charge is -2.53. The smallest absolute Gasteiger partial charge is 0.410 e. The van der Waals surface area contributed by atoms with Gasteiger partial charge in [0, 0.05) is 19.9 Å². The molecular formula is C53H73N2O8PSi2. The highest BCUT2D eigenvalue weighted by molar-refractivity contribution is 7.96. The second kappa shape index (κ2) is 21.2. The van der Waals surface area contributed by atoms with Crippen LogP contribution in [0, 0.1) is 5.92 Å². The molecule has 356 valence electrons. The van der Waals surface area contributed by atoms with Crippen LogP contribution >= 0.6 is 6.89 Å². The number of hydrogen-bond acceptors (Lipinski definition) is 8. The van der Waals surface area contributed by atoms with Crippen LogP contribution in [-0.4, -0.2) is 99.7 Å². The molecular weight excluding hydrogens is 880 g/mol. The standard InChI is InChI=1S/C53H73N2O8PSi2/c1-15-32-60-50(58)49(64(42-26-20-17-21-27-42,43-28-22-18-23-29-43)44-30-24-19-25-31-44)55-45(47(48(55)57)39(4)62-65(11,12)52(5,6)7)36-46(56)38(3)34-40-35-41(63-66(13,14)53(8,9)10)37-54(40)51(59)61-33-16-2/h15-31,34,39-41,45,47H,1-2,32-33,35-37H2,3-14H3/t39-,40-,41-,45-,47-/m1/s1. The van der Waals surface area contributed by atoms with Crippen LogP contribution in [0.2, 0.25) is 36.3 Å². The second-order valence-electron chi connectivity index (χ2n) is 20.6. The molecule has 2 aliphatic rings. The van der Waals surface area contributed by atoms with Crippen molar-refractivity contribution in [2.45, 2.75) is 129 Å².